The Balaban J connectivity index is 1.80. The lowest BCUT2D eigenvalue weighted by Gasteiger charge is -2.20. The van der Waals surface area contributed by atoms with Crippen LogP contribution in [0.25, 0.3) is 49.7 Å². The van der Waals surface area contributed by atoms with Crippen LogP contribution in [0.3, 0.4) is 0 Å². The molecule has 0 aliphatic rings. The van der Waals surface area contributed by atoms with Gasteiger partial charge in [-0.05, 0) is 58.1 Å². The maximum atomic E-state index is 9.96. The lowest BCUT2D eigenvalue weighted by Crippen LogP contribution is -2.11. The topological polar surface area (TPSA) is 38.1 Å². The van der Waals surface area contributed by atoms with Crippen molar-refractivity contribution in [1.82, 2.24) is 9.55 Å². The monoisotopic (exact) mass is 477 g/mol. The molecule has 0 aliphatic carbocycles. The highest BCUT2D eigenvalue weighted by Gasteiger charge is 2.21. The average Bonchev–Trinajstić information content (AvgIpc) is 3.29. The van der Waals surface area contributed by atoms with Gasteiger partial charge >= 0.3 is 0 Å². The molecule has 1 N–H and O–H groups in total. The molecule has 0 amide bonds. The first kappa shape index (κ1) is 23.4. The van der Waals surface area contributed by atoms with Crippen molar-refractivity contribution in [2.75, 3.05) is 0 Å². The maximum Gasteiger partial charge on any atom is 0.148 e. The van der Waals surface area contributed by atoms with Gasteiger partial charge in [-0.1, -0.05) is 87.1 Å². The molecule has 0 unspecified atom stereocenters. The summed E-state index contributed by atoms with van der Waals surface area (Å²) in [5.41, 5.74) is 7.10. The van der Waals surface area contributed by atoms with Crippen LogP contribution in [0.4, 0.5) is 0 Å². The minimum atomic E-state index is 0.0553. The Morgan fingerprint density at radius 3 is 2.14 bits per heavy atom. The van der Waals surface area contributed by atoms with Gasteiger partial charge in [-0.15, -0.1) is 0 Å². The first-order valence-corrected chi connectivity index (χ1v) is 12.6. The summed E-state index contributed by atoms with van der Waals surface area (Å²) in [6.07, 6.45) is 0. The number of hydrogen-bond donors (Lipinski definition) is 1. The Hall–Kier alpha value is -3.98. The van der Waals surface area contributed by atoms with Crippen LogP contribution < -0.4 is 10.9 Å². The van der Waals surface area contributed by atoms with E-state index >= 15 is 0 Å². The molecular weight excluding hydrogens is 450 g/mol. The molecule has 5 heteroatoms. The fraction of sp³-hybridized carbons (Fsp3) is 0.156. The SMILES string of the molecule is [B]c1ccc2c3ccc([B]C)cc3c3nc(-c4ccc(O)cc4)n(-c4ccc(C(C)(C)C)cc4)c3c2c1. The summed E-state index contributed by atoms with van der Waals surface area (Å²) in [5.74, 6) is 1.05. The zero-order valence-electron chi connectivity index (χ0n) is 21.6. The van der Waals surface area contributed by atoms with Crippen LogP contribution in [0, 0.1) is 0 Å². The molecule has 1 aromatic heterocycles. The van der Waals surface area contributed by atoms with Crippen LogP contribution in [0.2, 0.25) is 6.82 Å². The molecule has 3 nitrogen and oxygen atoms in total. The zero-order valence-corrected chi connectivity index (χ0v) is 21.6. The van der Waals surface area contributed by atoms with Crippen molar-refractivity contribution in [3.8, 4) is 22.8 Å². The highest BCUT2D eigenvalue weighted by molar-refractivity contribution is 6.52. The van der Waals surface area contributed by atoms with E-state index < -0.39 is 0 Å². The number of aromatic nitrogens is 2. The average molecular weight is 477 g/mol. The largest absolute Gasteiger partial charge is 0.508 e. The highest BCUT2D eigenvalue weighted by Crippen LogP contribution is 2.39. The second kappa shape index (κ2) is 8.55. The number of phenolic OH excluding ortho intramolecular Hbond substituents is 1. The lowest BCUT2D eigenvalue weighted by molar-refractivity contribution is 0.475. The summed E-state index contributed by atoms with van der Waals surface area (Å²) in [5, 5.41) is 14.4. The number of nitrogens with zero attached hydrogens (tertiary/aromatic N) is 2. The third kappa shape index (κ3) is 3.90. The van der Waals surface area contributed by atoms with Gasteiger partial charge in [0.15, 0.2) is 0 Å². The molecule has 37 heavy (non-hydrogen) atoms. The zero-order chi connectivity index (χ0) is 25.9. The summed E-state index contributed by atoms with van der Waals surface area (Å²) in [6, 6.07) is 28.7. The Morgan fingerprint density at radius 2 is 1.46 bits per heavy atom. The van der Waals surface area contributed by atoms with Crippen LogP contribution in [-0.2, 0) is 5.41 Å². The number of phenols is 1. The maximum absolute atomic E-state index is 9.96. The van der Waals surface area contributed by atoms with Gasteiger partial charge in [0.1, 0.15) is 26.7 Å². The standard InChI is InChI=1S/C32H27B2N2O/c1-32(2,3)20-7-11-23(12-8-20)36-30-28-17-21(33)9-15-26(28)25-16-10-22(34-4)18-27(25)29(30)35-31(36)19-5-13-24(37)14-6-19/h5-18,37H,1-4H3. The van der Waals surface area contributed by atoms with Crippen LogP contribution >= 0.6 is 0 Å². The number of rotatable bonds is 3. The summed E-state index contributed by atoms with van der Waals surface area (Å²) in [7, 11) is 8.45. The second-order valence-electron chi connectivity index (χ2n) is 10.7. The Kier molecular flexibility index (Phi) is 5.41. The number of fused-ring (bicyclic) bond motifs is 6. The van der Waals surface area contributed by atoms with Gasteiger partial charge in [0, 0.05) is 22.0 Å². The number of benzene rings is 5. The molecule has 6 rings (SSSR count). The van der Waals surface area contributed by atoms with Gasteiger partial charge in [-0.25, -0.2) is 4.98 Å². The molecule has 5 aromatic carbocycles. The predicted molar refractivity (Wildman–Crippen MR) is 159 cm³/mol. The molecule has 177 valence electrons. The van der Waals surface area contributed by atoms with E-state index in [1.165, 1.54) is 5.56 Å². The number of aromatic hydroxyl groups is 1. The van der Waals surface area contributed by atoms with Crippen LogP contribution in [0.5, 0.6) is 5.75 Å². The van der Waals surface area contributed by atoms with Gasteiger partial charge in [0.25, 0.3) is 0 Å². The molecule has 0 saturated carbocycles. The first-order valence-electron chi connectivity index (χ1n) is 12.6. The summed E-state index contributed by atoms with van der Waals surface area (Å²) in [4.78, 5) is 5.27. The Labute approximate surface area is 219 Å². The molecule has 0 aliphatic heterocycles. The van der Waals surface area contributed by atoms with Gasteiger partial charge in [-0.2, -0.15) is 0 Å². The molecular formula is C32H27B2N2O. The van der Waals surface area contributed by atoms with Crippen LogP contribution in [0.1, 0.15) is 26.3 Å². The van der Waals surface area contributed by atoms with Gasteiger partial charge in [0.05, 0.1) is 11.0 Å². The smallest absolute Gasteiger partial charge is 0.148 e. The second-order valence-corrected chi connectivity index (χ2v) is 10.7. The molecule has 6 aromatic rings. The molecule has 0 bridgehead atoms. The molecule has 0 saturated heterocycles. The van der Waals surface area contributed by atoms with Crippen molar-refractivity contribution in [2.24, 2.45) is 0 Å². The van der Waals surface area contributed by atoms with Gasteiger partial charge in [-0.3, -0.25) is 4.57 Å². The van der Waals surface area contributed by atoms with E-state index in [2.05, 4.69) is 94.0 Å². The summed E-state index contributed by atoms with van der Waals surface area (Å²) >= 11 is 0. The summed E-state index contributed by atoms with van der Waals surface area (Å²) < 4.78 is 2.23. The minimum Gasteiger partial charge on any atom is -0.508 e. The van der Waals surface area contributed by atoms with E-state index in [0.717, 1.165) is 55.1 Å². The van der Waals surface area contributed by atoms with Gasteiger partial charge < -0.3 is 5.11 Å². The van der Waals surface area contributed by atoms with E-state index in [0.29, 0.717) is 5.46 Å². The Morgan fingerprint density at radius 1 is 0.784 bits per heavy atom. The quantitative estimate of drug-likeness (QED) is 0.245. The molecule has 3 radical (unpaired) electrons. The van der Waals surface area contributed by atoms with Crippen LogP contribution in [0.15, 0.2) is 84.9 Å². The van der Waals surface area contributed by atoms with E-state index in [1.807, 2.05) is 18.2 Å². The fourth-order valence-electron chi connectivity index (χ4n) is 5.19. The van der Waals surface area contributed by atoms with E-state index in [-0.39, 0.29) is 11.2 Å². The third-order valence-electron chi connectivity index (χ3n) is 7.22. The van der Waals surface area contributed by atoms with E-state index in [4.69, 9.17) is 12.8 Å². The van der Waals surface area contributed by atoms with E-state index in [9.17, 15) is 5.11 Å². The number of imidazole rings is 1. The molecule has 0 spiro atoms. The van der Waals surface area contributed by atoms with Crippen molar-refractivity contribution in [1.29, 1.82) is 0 Å². The van der Waals surface area contributed by atoms with Crippen molar-refractivity contribution >= 4 is 58.6 Å². The molecule has 1 heterocycles. The lowest BCUT2D eigenvalue weighted by atomic mass is 9.72. The third-order valence-corrected chi connectivity index (χ3v) is 7.22. The van der Waals surface area contributed by atoms with Crippen molar-refractivity contribution in [3.63, 3.8) is 0 Å². The summed E-state index contributed by atoms with van der Waals surface area (Å²) in [6.45, 7) is 8.72. The van der Waals surface area contributed by atoms with Gasteiger partial charge in [0.2, 0.25) is 0 Å². The van der Waals surface area contributed by atoms with Crippen molar-refractivity contribution < 1.29 is 5.11 Å². The number of hydrogen-bond acceptors (Lipinski definition) is 2. The first-order chi connectivity index (χ1) is 17.7. The van der Waals surface area contributed by atoms with Crippen molar-refractivity contribution in [2.45, 2.75) is 33.0 Å². The van der Waals surface area contributed by atoms with Crippen LogP contribution in [-0.4, -0.2) is 29.8 Å². The normalized spacial score (nSPS) is 12.0. The molecule has 0 atom stereocenters. The van der Waals surface area contributed by atoms with E-state index in [1.54, 1.807) is 12.1 Å². The minimum absolute atomic E-state index is 0.0553. The highest BCUT2D eigenvalue weighted by atomic mass is 16.3. The fourth-order valence-corrected chi connectivity index (χ4v) is 5.19. The molecule has 0 fully saturated rings. The van der Waals surface area contributed by atoms with Crippen molar-refractivity contribution in [3.05, 3.63) is 90.5 Å². The Bertz CT molecular complexity index is 1790. The predicted octanol–water partition coefficient (Wildman–Crippen LogP) is 6.17.